The van der Waals surface area contributed by atoms with Crippen LogP contribution in [-0.2, 0) is 4.79 Å². The Morgan fingerprint density at radius 1 is 0.833 bits per heavy atom. The molecule has 0 bridgehead atoms. The maximum atomic E-state index is 10.3. The molecule has 0 aliphatic rings. The summed E-state index contributed by atoms with van der Waals surface area (Å²) in [5.74, 6) is -0.657. The summed E-state index contributed by atoms with van der Waals surface area (Å²) in [5, 5.41) is 25.1. The molecule has 0 aromatic rings. The number of hydrogen-bond donors (Lipinski definition) is 5. The standard InChI is InChI=1S/C14H28O2.C4H12N2O2/c1-2-3-4-5-6-7-8-9-10-11-12-13-14(15)16;1-2(5)3(6)4(7)8/h2-13H2,1H3,(H,15,16);2-4,7-8H,5-6H2,1H3. The van der Waals surface area contributed by atoms with Crippen LogP contribution in [0.5, 0.6) is 0 Å². The van der Waals surface area contributed by atoms with Crippen LogP contribution >= 0.6 is 0 Å². The molecule has 0 spiro atoms. The van der Waals surface area contributed by atoms with Crippen molar-refractivity contribution in [3.63, 3.8) is 0 Å². The Kier molecular flexibility index (Phi) is 19.8. The van der Waals surface area contributed by atoms with E-state index in [4.69, 9.17) is 26.8 Å². The number of carboxylic acid groups (broad SMARTS) is 1. The van der Waals surface area contributed by atoms with E-state index < -0.39 is 18.3 Å². The fourth-order valence-corrected chi connectivity index (χ4v) is 2.21. The number of hydrogen-bond acceptors (Lipinski definition) is 5. The normalized spacial score (nSPS) is 13.3. The van der Waals surface area contributed by atoms with Gasteiger partial charge >= 0.3 is 5.97 Å². The number of aliphatic carboxylic acids is 1. The molecule has 6 heteroatoms. The molecule has 0 aliphatic carbocycles. The Balaban J connectivity index is 0. The second-order valence-electron chi connectivity index (χ2n) is 6.53. The SMILES string of the molecule is CC(N)C(N)C(O)O.CCCCCCCCCCCCCC(=O)O. The molecule has 0 fully saturated rings. The minimum Gasteiger partial charge on any atom is -0.481 e. The molecule has 146 valence electrons. The van der Waals surface area contributed by atoms with Crippen molar-refractivity contribution in [2.45, 2.75) is 109 Å². The molecule has 0 saturated carbocycles. The van der Waals surface area contributed by atoms with Gasteiger partial charge in [0.15, 0.2) is 6.29 Å². The molecular weight excluding hydrogens is 308 g/mol. The highest BCUT2D eigenvalue weighted by atomic mass is 16.5. The van der Waals surface area contributed by atoms with Gasteiger partial charge in [0.2, 0.25) is 0 Å². The van der Waals surface area contributed by atoms with Gasteiger partial charge in [-0.15, -0.1) is 0 Å². The van der Waals surface area contributed by atoms with Crippen LogP contribution in [0.3, 0.4) is 0 Å². The molecule has 0 heterocycles. The predicted molar refractivity (Wildman–Crippen MR) is 98.6 cm³/mol. The smallest absolute Gasteiger partial charge is 0.303 e. The van der Waals surface area contributed by atoms with Gasteiger partial charge in [0.25, 0.3) is 0 Å². The molecule has 0 rings (SSSR count). The van der Waals surface area contributed by atoms with Crippen molar-refractivity contribution in [1.82, 2.24) is 0 Å². The highest BCUT2D eigenvalue weighted by molar-refractivity contribution is 5.66. The molecule has 7 N–H and O–H groups in total. The number of unbranched alkanes of at least 4 members (excludes halogenated alkanes) is 10. The predicted octanol–water partition coefficient (Wildman–Crippen LogP) is 2.74. The molecule has 0 amide bonds. The first kappa shape index (κ1) is 25.5. The average molecular weight is 349 g/mol. The van der Waals surface area contributed by atoms with Gasteiger partial charge in [0, 0.05) is 12.5 Å². The first-order valence-electron chi connectivity index (χ1n) is 9.42. The summed E-state index contributed by atoms with van der Waals surface area (Å²) in [7, 11) is 0. The minimum absolute atomic E-state index is 0.344. The Hall–Kier alpha value is -0.690. The van der Waals surface area contributed by atoms with Gasteiger partial charge in [-0.05, 0) is 13.3 Å². The Bertz CT molecular complexity index is 266. The average Bonchev–Trinajstić information content (AvgIpc) is 2.52. The van der Waals surface area contributed by atoms with Gasteiger partial charge in [-0.2, -0.15) is 0 Å². The van der Waals surface area contributed by atoms with Gasteiger partial charge in [-0.1, -0.05) is 71.1 Å². The van der Waals surface area contributed by atoms with Crippen LogP contribution in [-0.4, -0.2) is 39.7 Å². The molecule has 0 aromatic heterocycles. The molecular formula is C18H40N2O4. The van der Waals surface area contributed by atoms with Crippen molar-refractivity contribution in [2.24, 2.45) is 11.5 Å². The number of carbonyl (C=O) groups is 1. The first-order chi connectivity index (χ1) is 11.3. The second-order valence-corrected chi connectivity index (χ2v) is 6.53. The first-order valence-corrected chi connectivity index (χ1v) is 9.42. The van der Waals surface area contributed by atoms with Gasteiger partial charge in [-0.25, -0.2) is 0 Å². The summed E-state index contributed by atoms with van der Waals surface area (Å²) >= 11 is 0. The van der Waals surface area contributed by atoms with Crippen LogP contribution in [0, 0.1) is 0 Å². The van der Waals surface area contributed by atoms with Gasteiger partial charge in [0.1, 0.15) is 0 Å². The third-order valence-corrected chi connectivity index (χ3v) is 3.95. The highest BCUT2D eigenvalue weighted by Gasteiger charge is 2.14. The van der Waals surface area contributed by atoms with Gasteiger partial charge in [0.05, 0.1) is 6.04 Å². The molecule has 2 atom stereocenters. The van der Waals surface area contributed by atoms with Crippen LogP contribution in [0.15, 0.2) is 0 Å². The monoisotopic (exact) mass is 348 g/mol. The lowest BCUT2D eigenvalue weighted by molar-refractivity contribution is -0.137. The zero-order valence-corrected chi connectivity index (χ0v) is 15.6. The van der Waals surface area contributed by atoms with Gasteiger partial charge < -0.3 is 26.8 Å². The molecule has 24 heavy (non-hydrogen) atoms. The van der Waals surface area contributed by atoms with Gasteiger partial charge in [-0.3, -0.25) is 4.79 Å². The third-order valence-electron chi connectivity index (χ3n) is 3.95. The summed E-state index contributed by atoms with van der Waals surface area (Å²) in [4.78, 5) is 10.3. The molecule has 0 radical (unpaired) electrons. The number of aliphatic hydroxyl groups is 2. The summed E-state index contributed by atoms with van der Waals surface area (Å²) in [6.07, 6.45) is 12.9. The molecule has 0 aromatic carbocycles. The van der Waals surface area contributed by atoms with Crippen molar-refractivity contribution in [3.8, 4) is 0 Å². The van der Waals surface area contributed by atoms with Crippen molar-refractivity contribution >= 4 is 5.97 Å². The fraction of sp³-hybridized carbons (Fsp3) is 0.944. The van der Waals surface area contributed by atoms with E-state index in [0.29, 0.717) is 6.42 Å². The number of rotatable bonds is 14. The highest BCUT2D eigenvalue weighted by Crippen LogP contribution is 2.11. The van der Waals surface area contributed by atoms with E-state index in [1.54, 1.807) is 6.92 Å². The number of nitrogens with two attached hydrogens (primary N) is 2. The maximum Gasteiger partial charge on any atom is 0.303 e. The Labute approximate surface area is 147 Å². The largest absolute Gasteiger partial charge is 0.481 e. The lowest BCUT2D eigenvalue weighted by Crippen LogP contribution is -2.47. The molecule has 6 nitrogen and oxygen atoms in total. The van der Waals surface area contributed by atoms with Crippen molar-refractivity contribution in [2.75, 3.05) is 0 Å². The molecule has 2 unspecified atom stereocenters. The van der Waals surface area contributed by atoms with E-state index >= 15 is 0 Å². The van der Waals surface area contributed by atoms with Crippen molar-refractivity contribution in [1.29, 1.82) is 0 Å². The maximum absolute atomic E-state index is 10.3. The van der Waals surface area contributed by atoms with E-state index in [1.165, 1.54) is 57.8 Å². The Morgan fingerprint density at radius 3 is 1.46 bits per heavy atom. The summed E-state index contributed by atoms with van der Waals surface area (Å²) in [6, 6.07) is -1.12. The quantitative estimate of drug-likeness (QED) is 0.242. The summed E-state index contributed by atoms with van der Waals surface area (Å²) < 4.78 is 0. The number of aliphatic hydroxyl groups excluding tert-OH is 1. The molecule has 0 saturated heterocycles. The van der Waals surface area contributed by atoms with E-state index in [0.717, 1.165) is 12.8 Å². The van der Waals surface area contributed by atoms with Crippen LogP contribution in [0.1, 0.15) is 90.9 Å². The molecule has 0 aliphatic heterocycles. The van der Waals surface area contributed by atoms with E-state index in [1.807, 2.05) is 0 Å². The van der Waals surface area contributed by atoms with Crippen molar-refractivity contribution < 1.29 is 20.1 Å². The van der Waals surface area contributed by atoms with Crippen LogP contribution in [0.2, 0.25) is 0 Å². The topological polar surface area (TPSA) is 130 Å². The van der Waals surface area contributed by atoms with E-state index in [-0.39, 0.29) is 6.04 Å². The fourth-order valence-electron chi connectivity index (χ4n) is 2.21. The lowest BCUT2D eigenvalue weighted by Gasteiger charge is -2.16. The number of carboxylic acids is 1. The van der Waals surface area contributed by atoms with Crippen LogP contribution in [0.25, 0.3) is 0 Å². The zero-order chi connectivity index (χ0) is 18.8. The van der Waals surface area contributed by atoms with Crippen LogP contribution < -0.4 is 11.5 Å². The Morgan fingerprint density at radius 2 is 1.21 bits per heavy atom. The minimum atomic E-state index is -1.50. The summed E-state index contributed by atoms with van der Waals surface area (Å²) in [6.45, 7) is 3.86. The summed E-state index contributed by atoms with van der Waals surface area (Å²) in [5.41, 5.74) is 10.3. The van der Waals surface area contributed by atoms with Crippen molar-refractivity contribution in [3.05, 3.63) is 0 Å². The zero-order valence-electron chi connectivity index (χ0n) is 15.6. The second kappa shape index (κ2) is 18.6. The van der Waals surface area contributed by atoms with E-state index in [9.17, 15) is 4.79 Å². The van der Waals surface area contributed by atoms with Crippen LogP contribution in [0.4, 0.5) is 0 Å². The third kappa shape index (κ3) is 21.3. The van der Waals surface area contributed by atoms with E-state index in [2.05, 4.69) is 6.92 Å². The lowest BCUT2D eigenvalue weighted by atomic mass is 10.1.